The Morgan fingerprint density at radius 2 is 1.20 bits per heavy atom. The molecule has 1 atom stereocenters. The molecule has 41 heavy (non-hydrogen) atoms. The maximum atomic E-state index is 11.9. The average molecular weight is 599 g/mol. The van der Waals surface area contributed by atoms with Crippen LogP contribution in [0.2, 0.25) is 0 Å². The number of nitrogens with one attached hydrogen (secondary N) is 1. The number of rotatable bonds is 27. The Balaban J connectivity index is 1.82. The average Bonchev–Trinajstić information content (AvgIpc) is 2.92. The third-order valence-electron chi connectivity index (χ3n) is 7.23. The quantitative estimate of drug-likeness (QED) is 0.0689. The number of hydrogen-bond acceptors (Lipinski definition) is 6. The van der Waals surface area contributed by atoms with E-state index in [9.17, 15) is 14.3 Å². The largest absolute Gasteiger partial charge is 0.756 e. The topological polar surface area (TPSA) is 108 Å². The molecule has 0 radical (unpaired) electrons. The van der Waals surface area contributed by atoms with Gasteiger partial charge in [0.15, 0.2) is 0 Å². The van der Waals surface area contributed by atoms with Gasteiger partial charge in [0.1, 0.15) is 13.2 Å². The van der Waals surface area contributed by atoms with Crippen LogP contribution in [0.3, 0.4) is 0 Å². The van der Waals surface area contributed by atoms with E-state index in [2.05, 4.69) is 5.32 Å². The van der Waals surface area contributed by atoms with Crippen molar-refractivity contribution in [2.75, 3.05) is 54.1 Å². The smallest absolute Gasteiger partial charge is 0.268 e. The van der Waals surface area contributed by atoms with Crippen LogP contribution < -0.4 is 10.2 Å². The van der Waals surface area contributed by atoms with E-state index < -0.39 is 7.82 Å². The lowest BCUT2D eigenvalue weighted by Crippen LogP contribution is -2.37. The zero-order valence-electron chi connectivity index (χ0n) is 26.2. The number of quaternary nitrogens is 1. The Morgan fingerprint density at radius 1 is 0.756 bits per heavy atom. The van der Waals surface area contributed by atoms with Gasteiger partial charge in [0.05, 0.1) is 34.4 Å². The molecule has 0 bridgehead atoms. The maximum Gasteiger partial charge on any atom is 0.268 e. The molecule has 9 heteroatoms. The van der Waals surface area contributed by atoms with Gasteiger partial charge in [-0.1, -0.05) is 102 Å². The van der Waals surface area contributed by atoms with Crippen molar-refractivity contribution >= 4 is 13.7 Å². The molecule has 1 unspecified atom stereocenters. The number of phosphoric ester groups is 1. The summed E-state index contributed by atoms with van der Waals surface area (Å²) in [5, 5.41) is 11.5. The SMILES string of the molecule is C[N+](C)(C)CCOP(=O)([O-])OCCCCCCCCCCCCCCCCCCc1ccc(C(=O)NCCO)cc1. The molecule has 0 aliphatic heterocycles. The van der Waals surface area contributed by atoms with Crippen molar-refractivity contribution in [3.8, 4) is 0 Å². The van der Waals surface area contributed by atoms with Crippen LogP contribution in [0.5, 0.6) is 0 Å². The minimum absolute atomic E-state index is 0.0427. The van der Waals surface area contributed by atoms with Crippen molar-refractivity contribution in [2.45, 2.75) is 109 Å². The highest BCUT2D eigenvalue weighted by Gasteiger charge is 2.13. The molecule has 8 nitrogen and oxygen atoms in total. The molecular weight excluding hydrogens is 539 g/mol. The summed E-state index contributed by atoms with van der Waals surface area (Å²) in [6.45, 7) is 1.23. The van der Waals surface area contributed by atoms with Gasteiger partial charge in [0.25, 0.3) is 13.7 Å². The van der Waals surface area contributed by atoms with E-state index >= 15 is 0 Å². The van der Waals surface area contributed by atoms with Crippen LogP contribution in [0, 0.1) is 0 Å². The van der Waals surface area contributed by atoms with Gasteiger partial charge in [-0.25, -0.2) is 0 Å². The standard InChI is InChI=1S/C32H59N2O6P/c1-34(2,3)26-29-40-41(37,38)39-28-19-17-15-13-11-9-7-5-4-6-8-10-12-14-16-18-20-30-21-23-31(24-22-30)32(36)33-25-27-35/h21-24,35H,4-20,25-29H2,1-3H3,(H-,33,36,37,38). The van der Waals surface area contributed by atoms with E-state index in [0.717, 1.165) is 25.7 Å². The number of aryl methyl sites for hydroxylation is 1. The molecule has 0 saturated carbocycles. The van der Waals surface area contributed by atoms with Crippen LogP contribution in [0.1, 0.15) is 119 Å². The number of carbonyl (C=O) groups is 1. The van der Waals surface area contributed by atoms with Crippen molar-refractivity contribution in [1.29, 1.82) is 0 Å². The van der Waals surface area contributed by atoms with Gasteiger partial charge in [-0.05, 0) is 37.0 Å². The predicted molar refractivity (Wildman–Crippen MR) is 166 cm³/mol. The number of amides is 1. The molecule has 1 amide bonds. The van der Waals surface area contributed by atoms with Crippen molar-refractivity contribution in [3.63, 3.8) is 0 Å². The predicted octanol–water partition coefficient (Wildman–Crippen LogP) is 6.40. The molecule has 0 fully saturated rings. The second kappa shape index (κ2) is 23.2. The Hall–Kier alpha value is -1.28. The molecule has 1 aromatic carbocycles. The normalized spacial score (nSPS) is 13.3. The summed E-state index contributed by atoms with van der Waals surface area (Å²) in [6, 6.07) is 7.80. The zero-order chi connectivity index (χ0) is 30.2. The third-order valence-corrected chi connectivity index (χ3v) is 8.23. The fraction of sp³-hybridized carbons (Fsp3) is 0.781. The number of nitrogens with zero attached hydrogens (tertiary/aromatic N) is 1. The molecule has 1 aromatic rings. The number of phosphoric acid groups is 1. The number of aliphatic hydroxyl groups excluding tert-OH is 1. The monoisotopic (exact) mass is 598 g/mol. The van der Waals surface area contributed by atoms with Crippen LogP contribution >= 0.6 is 7.82 Å². The fourth-order valence-corrected chi connectivity index (χ4v) is 5.37. The van der Waals surface area contributed by atoms with E-state index in [-0.39, 0.29) is 32.3 Å². The first-order chi connectivity index (χ1) is 19.6. The van der Waals surface area contributed by atoms with E-state index in [1.807, 2.05) is 45.4 Å². The van der Waals surface area contributed by atoms with Gasteiger partial charge >= 0.3 is 0 Å². The van der Waals surface area contributed by atoms with Gasteiger partial charge in [-0.15, -0.1) is 0 Å². The highest BCUT2D eigenvalue weighted by atomic mass is 31.2. The summed E-state index contributed by atoms with van der Waals surface area (Å²) < 4.78 is 22.3. The third kappa shape index (κ3) is 22.9. The van der Waals surface area contributed by atoms with Crippen LogP contribution in [0.4, 0.5) is 0 Å². The molecule has 0 spiro atoms. The van der Waals surface area contributed by atoms with Crippen LogP contribution in [-0.4, -0.2) is 69.5 Å². The second-order valence-corrected chi connectivity index (χ2v) is 13.6. The number of benzene rings is 1. The molecule has 0 saturated heterocycles. The van der Waals surface area contributed by atoms with Crippen molar-refractivity contribution in [2.24, 2.45) is 0 Å². The molecule has 0 aliphatic rings. The summed E-state index contributed by atoms with van der Waals surface area (Å²) in [5.74, 6) is -0.133. The van der Waals surface area contributed by atoms with Crippen molar-refractivity contribution in [3.05, 3.63) is 35.4 Å². The summed E-state index contributed by atoms with van der Waals surface area (Å²) in [6.07, 6.45) is 20.8. The summed E-state index contributed by atoms with van der Waals surface area (Å²) in [5.41, 5.74) is 1.92. The number of hydrogen-bond donors (Lipinski definition) is 2. The van der Waals surface area contributed by atoms with E-state index in [0.29, 0.717) is 16.6 Å². The van der Waals surface area contributed by atoms with Crippen molar-refractivity contribution in [1.82, 2.24) is 5.32 Å². The van der Waals surface area contributed by atoms with E-state index in [4.69, 9.17) is 14.2 Å². The first kappa shape index (κ1) is 37.7. The van der Waals surface area contributed by atoms with Crippen LogP contribution in [0.25, 0.3) is 0 Å². The van der Waals surface area contributed by atoms with Crippen LogP contribution in [-0.2, 0) is 20.0 Å². The minimum atomic E-state index is -4.16. The highest BCUT2D eigenvalue weighted by Crippen LogP contribution is 2.38. The summed E-state index contributed by atoms with van der Waals surface area (Å²) in [4.78, 5) is 23.6. The Labute approximate surface area is 250 Å². The van der Waals surface area contributed by atoms with Gasteiger partial charge < -0.3 is 28.8 Å². The lowest BCUT2D eigenvalue weighted by Gasteiger charge is -2.27. The fourth-order valence-electron chi connectivity index (χ4n) is 4.64. The molecule has 238 valence electrons. The number of likely N-dealkylation sites (N-methyl/N-ethyl adjacent to an activating group) is 1. The number of carbonyl (C=O) groups excluding carboxylic acids is 1. The van der Waals surface area contributed by atoms with Gasteiger partial charge in [0.2, 0.25) is 0 Å². The van der Waals surface area contributed by atoms with Gasteiger partial charge in [0, 0.05) is 12.1 Å². The Kier molecular flexibility index (Phi) is 21.4. The van der Waals surface area contributed by atoms with Gasteiger partial charge in [-0.3, -0.25) is 9.36 Å². The first-order valence-electron chi connectivity index (χ1n) is 16.0. The van der Waals surface area contributed by atoms with Crippen LogP contribution in [0.15, 0.2) is 24.3 Å². The zero-order valence-corrected chi connectivity index (χ0v) is 27.1. The molecule has 2 N–H and O–H groups in total. The highest BCUT2D eigenvalue weighted by molar-refractivity contribution is 7.45. The van der Waals surface area contributed by atoms with Gasteiger partial charge in [-0.2, -0.15) is 0 Å². The maximum absolute atomic E-state index is 11.9. The molecule has 0 aromatic heterocycles. The lowest BCUT2D eigenvalue weighted by atomic mass is 10.0. The molecule has 1 rings (SSSR count). The van der Waals surface area contributed by atoms with E-state index in [1.165, 1.54) is 89.0 Å². The Bertz CT molecular complexity index is 828. The van der Waals surface area contributed by atoms with E-state index in [1.54, 1.807) is 0 Å². The Morgan fingerprint density at radius 3 is 1.66 bits per heavy atom. The molecular formula is C32H59N2O6P. The number of unbranched alkanes of at least 4 members (excludes halogenated alkanes) is 15. The molecule has 0 heterocycles. The lowest BCUT2D eigenvalue weighted by molar-refractivity contribution is -0.870. The van der Waals surface area contributed by atoms with Crippen molar-refractivity contribution < 1.29 is 32.9 Å². The molecule has 0 aliphatic carbocycles. The number of aliphatic hydroxyl groups is 1. The first-order valence-corrected chi connectivity index (χ1v) is 17.5. The summed E-state index contributed by atoms with van der Waals surface area (Å²) >= 11 is 0. The summed E-state index contributed by atoms with van der Waals surface area (Å²) in [7, 11) is 1.81. The second-order valence-electron chi connectivity index (χ2n) is 12.2. The minimum Gasteiger partial charge on any atom is -0.756 e.